The summed E-state index contributed by atoms with van der Waals surface area (Å²) in [5, 5.41) is 0. The Morgan fingerprint density at radius 2 is 0.907 bits per heavy atom. The number of hydrogen-bond donors (Lipinski definition) is 0. The average Bonchev–Trinajstić information content (AvgIpc) is 3.60. The molecule has 2 radical (unpaired) electrons. The fourth-order valence-electron chi connectivity index (χ4n) is 13.1. The molecule has 6 fully saturated rings. The zero-order chi connectivity index (χ0) is 37.2. The summed E-state index contributed by atoms with van der Waals surface area (Å²) < 4.78 is 0. The van der Waals surface area contributed by atoms with E-state index in [0.29, 0.717) is 0 Å². The van der Waals surface area contributed by atoms with Crippen molar-refractivity contribution in [3.8, 4) is 0 Å². The van der Waals surface area contributed by atoms with Crippen LogP contribution in [-0.2, 0) is 26.2 Å². The Morgan fingerprint density at radius 1 is 0.500 bits per heavy atom. The van der Waals surface area contributed by atoms with Crippen molar-refractivity contribution in [3.63, 3.8) is 0 Å². The maximum Gasteiger partial charge on any atom is 4.00 e. The predicted octanol–water partition coefficient (Wildman–Crippen LogP) is 14.4. The summed E-state index contributed by atoms with van der Waals surface area (Å²) in [7, 11) is 1.15. The number of benzene rings is 2. The number of rotatable bonds is 6. The molecule has 10 unspecified atom stereocenters. The molecule has 12 atom stereocenters. The number of fused-ring (bicyclic) bond motifs is 2. The van der Waals surface area contributed by atoms with Gasteiger partial charge in [0.1, 0.15) is 0 Å². The van der Waals surface area contributed by atoms with Crippen molar-refractivity contribution in [2.75, 3.05) is 0 Å². The second-order valence-electron chi connectivity index (χ2n) is 18.5. The van der Waals surface area contributed by atoms with Crippen molar-refractivity contribution in [2.24, 2.45) is 76.9 Å². The quantitative estimate of drug-likeness (QED) is 0.155. The standard InChI is InChI=1S/C18H31Si.C18H31.C16H12.Zr/c1-12-13(2)18(19-3)16-11-7-10-15(17(12)16)14-8-5-4-6-9-14;1-12-13(2)16-10-7-11-17(18(16)14(12)3)15-8-5-4-6-9-15;1-3-9-15(10-4-1)13-7-8-14-16-11-5-2-6-12-16;/h12-18H,1,4-11H2,2-3H3;12-18H,3-11H2,1-2H3;1-12H;/q2*-1;-2;+4/t12?,13-,15?,16?,17?,18?;12-,13?,14?,16?,17?,18?;;/m11../s1. The summed E-state index contributed by atoms with van der Waals surface area (Å²) in [6.07, 6.45) is 34.4. The molecule has 6 aliphatic carbocycles. The molecule has 0 amide bonds. The number of allylic oxidation sites excluding steroid dienone is 2. The van der Waals surface area contributed by atoms with Gasteiger partial charge < -0.3 is 13.8 Å². The summed E-state index contributed by atoms with van der Waals surface area (Å²) in [5.41, 5.74) is 3.17. The van der Waals surface area contributed by atoms with Crippen LogP contribution < -0.4 is 0 Å². The molecule has 0 spiro atoms. The minimum Gasteiger partial charge on any atom is -0.340 e. The van der Waals surface area contributed by atoms with E-state index in [-0.39, 0.29) is 26.2 Å². The van der Waals surface area contributed by atoms with Gasteiger partial charge in [0, 0.05) is 9.52 Å². The Bertz CT molecular complexity index is 1320. The van der Waals surface area contributed by atoms with E-state index in [4.69, 9.17) is 0 Å². The molecule has 6 aliphatic rings. The summed E-state index contributed by atoms with van der Waals surface area (Å²) in [5.74, 6) is 12.4. The summed E-state index contributed by atoms with van der Waals surface area (Å²) >= 11 is 0. The van der Waals surface area contributed by atoms with Gasteiger partial charge in [0.05, 0.1) is 0 Å². The summed E-state index contributed by atoms with van der Waals surface area (Å²) in [6, 6.07) is 20.1. The molecule has 2 aromatic carbocycles. The Balaban J connectivity index is 0.000000155. The zero-order valence-electron chi connectivity index (χ0n) is 34.7. The average molecular weight is 818 g/mol. The maximum absolute atomic E-state index is 4.65. The van der Waals surface area contributed by atoms with Crippen LogP contribution in [0.25, 0.3) is 0 Å². The largest absolute Gasteiger partial charge is 4.00 e. The van der Waals surface area contributed by atoms with Gasteiger partial charge in [-0.2, -0.15) is 35.1 Å². The summed E-state index contributed by atoms with van der Waals surface area (Å²) in [6.45, 7) is 19.2. The van der Waals surface area contributed by atoms with Gasteiger partial charge in [-0.25, -0.2) is 12.2 Å². The SMILES string of the molecule is [C-](=CC=[C-]c1ccccc1)c1ccccc1.[CH2-]C1C2C(C3CCCCC3)CCCC2C(C)[C@H]1C.[CH2-]C1C2C(C3CCCCC3)CCCC2C([Si]C)[C@@H]1C.[Zr+4]. The predicted molar refractivity (Wildman–Crippen MR) is 229 cm³/mol. The first-order chi connectivity index (χ1) is 25.9. The van der Waals surface area contributed by atoms with Crippen molar-refractivity contribution in [1.29, 1.82) is 0 Å². The van der Waals surface area contributed by atoms with Crippen LogP contribution in [0.2, 0.25) is 12.1 Å². The molecular formula is C52H74SiZr. The van der Waals surface area contributed by atoms with Crippen LogP contribution in [0, 0.1) is 103 Å². The van der Waals surface area contributed by atoms with E-state index in [2.05, 4.69) is 53.3 Å². The first kappa shape index (κ1) is 44.1. The van der Waals surface area contributed by atoms with Crippen LogP contribution in [0.4, 0.5) is 0 Å². The first-order valence-electron chi connectivity index (χ1n) is 22.5. The van der Waals surface area contributed by atoms with Crippen LogP contribution in [0.3, 0.4) is 0 Å². The van der Waals surface area contributed by atoms with Gasteiger partial charge in [-0.05, 0) is 66.2 Å². The molecule has 0 N–H and O–H groups in total. The van der Waals surface area contributed by atoms with Crippen LogP contribution in [0.5, 0.6) is 0 Å². The molecule has 0 heterocycles. The molecule has 0 nitrogen and oxygen atoms in total. The molecule has 2 heteroatoms. The Kier molecular flexibility index (Phi) is 18.2. The van der Waals surface area contributed by atoms with Crippen LogP contribution >= 0.6 is 0 Å². The fraction of sp³-hybridized carbons (Fsp3) is 0.654. The van der Waals surface area contributed by atoms with E-state index in [9.17, 15) is 0 Å². The minimum absolute atomic E-state index is 0. The molecule has 54 heavy (non-hydrogen) atoms. The molecule has 0 aliphatic heterocycles. The molecular weight excluding hydrogens is 744 g/mol. The topological polar surface area (TPSA) is 0 Å². The van der Waals surface area contributed by atoms with Gasteiger partial charge >= 0.3 is 26.2 Å². The first-order valence-corrected chi connectivity index (χ1v) is 24.1. The van der Waals surface area contributed by atoms with Gasteiger partial charge in [0.25, 0.3) is 0 Å². The van der Waals surface area contributed by atoms with Gasteiger partial charge in [-0.15, -0.1) is 48.5 Å². The third-order valence-electron chi connectivity index (χ3n) is 16.0. The maximum atomic E-state index is 4.65. The van der Waals surface area contributed by atoms with Gasteiger partial charge in [0.2, 0.25) is 0 Å². The third-order valence-corrected chi connectivity index (χ3v) is 17.6. The van der Waals surface area contributed by atoms with Crippen molar-refractivity contribution in [1.82, 2.24) is 0 Å². The molecule has 290 valence electrons. The van der Waals surface area contributed by atoms with E-state index >= 15 is 0 Å². The second-order valence-corrected chi connectivity index (χ2v) is 19.8. The van der Waals surface area contributed by atoms with E-state index in [0.717, 1.165) is 103 Å². The summed E-state index contributed by atoms with van der Waals surface area (Å²) in [4.78, 5) is 0. The third kappa shape index (κ3) is 10.9. The Hall–Kier alpha value is -0.980. The zero-order valence-corrected chi connectivity index (χ0v) is 38.2. The molecule has 0 bridgehead atoms. The van der Waals surface area contributed by atoms with E-state index in [1.807, 2.05) is 72.8 Å². The van der Waals surface area contributed by atoms with Crippen molar-refractivity contribution in [3.05, 3.63) is 110 Å². The smallest absolute Gasteiger partial charge is 0.340 e. The van der Waals surface area contributed by atoms with Crippen LogP contribution in [0.1, 0.15) is 135 Å². The Morgan fingerprint density at radius 3 is 1.37 bits per heavy atom. The van der Waals surface area contributed by atoms with Gasteiger partial charge in [0.15, 0.2) is 0 Å². The van der Waals surface area contributed by atoms with Crippen LogP contribution in [-0.4, -0.2) is 9.52 Å². The molecule has 0 aromatic heterocycles. The molecule has 8 rings (SSSR count). The van der Waals surface area contributed by atoms with Crippen molar-refractivity contribution in [2.45, 2.75) is 136 Å². The minimum atomic E-state index is 0. The van der Waals surface area contributed by atoms with Crippen molar-refractivity contribution >= 4 is 9.52 Å². The fourth-order valence-corrected chi connectivity index (χ4v) is 14.7. The second kappa shape index (κ2) is 22.2. The van der Waals surface area contributed by atoms with Gasteiger partial charge in [-0.1, -0.05) is 147 Å². The van der Waals surface area contributed by atoms with E-state index < -0.39 is 0 Å². The van der Waals surface area contributed by atoms with E-state index in [1.165, 1.54) is 103 Å². The Labute approximate surface area is 356 Å². The van der Waals surface area contributed by atoms with Gasteiger partial charge in [-0.3, -0.25) is 0 Å². The molecule has 2 aromatic rings. The normalized spacial score (nSPS) is 37.0. The van der Waals surface area contributed by atoms with Crippen LogP contribution in [0.15, 0.2) is 72.8 Å². The monoisotopic (exact) mass is 816 g/mol. The number of hydrogen-bond acceptors (Lipinski definition) is 0. The molecule has 0 saturated heterocycles. The van der Waals surface area contributed by atoms with E-state index in [1.54, 1.807) is 0 Å². The van der Waals surface area contributed by atoms with Crippen molar-refractivity contribution < 1.29 is 26.2 Å². The molecule has 6 saturated carbocycles.